The molecule has 0 unspecified atom stereocenters. The van der Waals surface area contributed by atoms with E-state index in [0.29, 0.717) is 6.54 Å². The SMILES string of the molecule is COc1ccc(CNC(=O)C(C)(C)COc2cccc(NS(N)(=O)=O)c2C#N)cc1. The Morgan fingerprint density at radius 1 is 1.20 bits per heavy atom. The molecule has 0 aromatic heterocycles. The number of rotatable bonds is 9. The van der Waals surface area contributed by atoms with E-state index in [1.54, 1.807) is 21.0 Å². The van der Waals surface area contributed by atoms with Gasteiger partial charge in [-0.3, -0.25) is 9.52 Å². The Balaban J connectivity index is 2.03. The van der Waals surface area contributed by atoms with Crippen molar-refractivity contribution in [3.05, 3.63) is 53.6 Å². The first-order chi connectivity index (χ1) is 14.1. The van der Waals surface area contributed by atoms with Gasteiger partial charge in [0.1, 0.15) is 29.7 Å². The molecule has 10 heteroatoms. The normalized spacial score (nSPS) is 11.3. The van der Waals surface area contributed by atoms with E-state index in [9.17, 15) is 18.5 Å². The van der Waals surface area contributed by atoms with Crippen molar-refractivity contribution in [2.24, 2.45) is 10.6 Å². The van der Waals surface area contributed by atoms with Crippen molar-refractivity contribution in [3.63, 3.8) is 0 Å². The van der Waals surface area contributed by atoms with Crippen molar-refractivity contribution in [1.82, 2.24) is 5.32 Å². The second-order valence-corrected chi connectivity index (χ2v) is 8.44. The quantitative estimate of drug-likeness (QED) is 0.552. The summed E-state index contributed by atoms with van der Waals surface area (Å²) in [6.45, 7) is 3.71. The van der Waals surface area contributed by atoms with Crippen LogP contribution in [0.5, 0.6) is 11.5 Å². The molecule has 0 radical (unpaired) electrons. The van der Waals surface area contributed by atoms with Gasteiger partial charge in [-0.15, -0.1) is 0 Å². The number of benzene rings is 2. The number of hydrogen-bond acceptors (Lipinski definition) is 6. The zero-order valence-corrected chi connectivity index (χ0v) is 17.7. The molecule has 2 aromatic rings. The first kappa shape index (κ1) is 23.0. The van der Waals surface area contributed by atoms with Gasteiger partial charge in [0.05, 0.1) is 18.2 Å². The number of hydrogen-bond donors (Lipinski definition) is 3. The predicted octanol–water partition coefficient (Wildman–Crippen LogP) is 1.90. The van der Waals surface area contributed by atoms with Crippen LogP contribution >= 0.6 is 0 Å². The molecule has 0 fully saturated rings. The number of nitrogens with two attached hydrogens (primary N) is 1. The fourth-order valence-corrected chi connectivity index (χ4v) is 2.97. The molecule has 0 bridgehead atoms. The van der Waals surface area contributed by atoms with Gasteiger partial charge < -0.3 is 14.8 Å². The maximum absolute atomic E-state index is 12.6. The van der Waals surface area contributed by atoms with Gasteiger partial charge in [-0.1, -0.05) is 18.2 Å². The molecule has 0 atom stereocenters. The average Bonchev–Trinajstić information content (AvgIpc) is 2.69. The van der Waals surface area contributed by atoms with Gasteiger partial charge in [-0.05, 0) is 43.7 Å². The smallest absolute Gasteiger partial charge is 0.296 e. The average molecular weight is 433 g/mol. The molecule has 2 rings (SSSR count). The molecule has 0 spiro atoms. The third-order valence-corrected chi connectivity index (χ3v) is 4.71. The van der Waals surface area contributed by atoms with Crippen molar-refractivity contribution in [1.29, 1.82) is 5.26 Å². The van der Waals surface area contributed by atoms with E-state index in [-0.39, 0.29) is 29.5 Å². The number of amides is 1. The predicted molar refractivity (Wildman–Crippen MR) is 112 cm³/mol. The molecule has 0 aliphatic rings. The number of carbonyl (C=O) groups is 1. The second-order valence-electron chi connectivity index (χ2n) is 7.14. The third-order valence-electron chi connectivity index (χ3n) is 4.21. The molecule has 2 aromatic carbocycles. The van der Waals surface area contributed by atoms with Crippen molar-refractivity contribution >= 4 is 21.8 Å². The molecular formula is C20H24N4O5S. The van der Waals surface area contributed by atoms with Crippen molar-refractivity contribution in [2.75, 3.05) is 18.4 Å². The second kappa shape index (κ2) is 9.47. The van der Waals surface area contributed by atoms with Gasteiger partial charge >= 0.3 is 0 Å². The number of methoxy groups -OCH3 is 1. The summed E-state index contributed by atoms with van der Waals surface area (Å²) in [5.41, 5.74) is -0.0302. The van der Waals surface area contributed by atoms with Gasteiger partial charge in [-0.2, -0.15) is 13.7 Å². The fourth-order valence-electron chi connectivity index (χ4n) is 2.49. The first-order valence-electron chi connectivity index (χ1n) is 8.93. The van der Waals surface area contributed by atoms with Crippen LogP contribution in [0.25, 0.3) is 0 Å². The highest BCUT2D eigenvalue weighted by Gasteiger charge is 2.29. The Morgan fingerprint density at radius 2 is 1.87 bits per heavy atom. The number of carbonyl (C=O) groups excluding carboxylic acids is 1. The summed E-state index contributed by atoms with van der Waals surface area (Å²) in [5, 5.41) is 17.2. The van der Waals surface area contributed by atoms with E-state index >= 15 is 0 Å². The standard InChI is InChI=1S/C20H24N4O5S/c1-20(2,19(25)23-12-14-7-9-15(28-3)10-8-14)13-29-18-6-4-5-17(16(18)11-21)24-30(22,26)27/h4-10,24H,12-13H2,1-3H3,(H,23,25)(H2,22,26,27). The molecule has 30 heavy (non-hydrogen) atoms. The van der Waals surface area contributed by atoms with Crippen molar-refractivity contribution in [2.45, 2.75) is 20.4 Å². The van der Waals surface area contributed by atoms with E-state index in [1.807, 2.05) is 30.3 Å². The van der Waals surface area contributed by atoms with E-state index in [4.69, 9.17) is 14.6 Å². The van der Waals surface area contributed by atoms with E-state index < -0.39 is 15.6 Å². The number of ether oxygens (including phenoxy) is 2. The summed E-state index contributed by atoms with van der Waals surface area (Å²) in [7, 11) is -2.47. The van der Waals surface area contributed by atoms with Crippen LogP contribution in [0.4, 0.5) is 5.69 Å². The summed E-state index contributed by atoms with van der Waals surface area (Å²) in [5.74, 6) is 0.629. The highest BCUT2D eigenvalue weighted by atomic mass is 32.2. The number of nitriles is 1. The van der Waals surface area contributed by atoms with E-state index in [2.05, 4.69) is 10.0 Å². The minimum absolute atomic E-state index is 0.000682. The lowest BCUT2D eigenvalue weighted by atomic mass is 9.93. The van der Waals surface area contributed by atoms with Gasteiger partial charge in [0.25, 0.3) is 10.2 Å². The van der Waals surface area contributed by atoms with Crippen LogP contribution in [0, 0.1) is 16.7 Å². The zero-order valence-electron chi connectivity index (χ0n) is 16.9. The van der Waals surface area contributed by atoms with Crippen LogP contribution in [-0.2, 0) is 21.5 Å². The lowest BCUT2D eigenvalue weighted by Crippen LogP contribution is -2.40. The molecule has 4 N–H and O–H groups in total. The lowest BCUT2D eigenvalue weighted by molar-refractivity contribution is -0.131. The van der Waals surface area contributed by atoms with Crippen molar-refractivity contribution < 1.29 is 22.7 Å². The molecule has 9 nitrogen and oxygen atoms in total. The van der Waals surface area contributed by atoms with Gasteiger partial charge in [0.15, 0.2) is 0 Å². The molecule has 160 valence electrons. The number of anilines is 1. The Kier molecular flexibility index (Phi) is 7.26. The molecule has 0 heterocycles. The Morgan fingerprint density at radius 3 is 2.43 bits per heavy atom. The molecule has 0 saturated heterocycles. The summed E-state index contributed by atoms with van der Waals surface area (Å²) >= 11 is 0. The summed E-state index contributed by atoms with van der Waals surface area (Å²) < 4.78 is 35.4. The van der Waals surface area contributed by atoms with Crippen LogP contribution in [0.3, 0.4) is 0 Å². The van der Waals surface area contributed by atoms with Gasteiger partial charge in [-0.25, -0.2) is 5.14 Å². The Labute approximate surface area is 176 Å². The van der Waals surface area contributed by atoms with Gasteiger partial charge in [0, 0.05) is 6.54 Å². The van der Waals surface area contributed by atoms with Crippen LogP contribution in [0.15, 0.2) is 42.5 Å². The van der Waals surface area contributed by atoms with Gasteiger partial charge in [0.2, 0.25) is 5.91 Å². The van der Waals surface area contributed by atoms with Crippen LogP contribution in [0.2, 0.25) is 0 Å². The number of nitrogens with one attached hydrogen (secondary N) is 2. The summed E-state index contributed by atoms with van der Waals surface area (Å²) in [6, 6.07) is 13.6. The van der Waals surface area contributed by atoms with E-state index in [1.165, 1.54) is 18.2 Å². The largest absolute Gasteiger partial charge is 0.497 e. The zero-order chi connectivity index (χ0) is 22.4. The highest BCUT2D eigenvalue weighted by Crippen LogP contribution is 2.28. The Bertz CT molecular complexity index is 1040. The maximum Gasteiger partial charge on any atom is 0.296 e. The molecular weight excluding hydrogens is 408 g/mol. The lowest BCUT2D eigenvalue weighted by Gasteiger charge is -2.24. The fraction of sp³-hybridized carbons (Fsp3) is 0.300. The van der Waals surface area contributed by atoms with Crippen LogP contribution in [-0.4, -0.2) is 28.0 Å². The molecule has 0 saturated carbocycles. The first-order valence-corrected chi connectivity index (χ1v) is 10.5. The molecule has 0 aliphatic heterocycles. The maximum atomic E-state index is 12.6. The summed E-state index contributed by atoms with van der Waals surface area (Å²) in [6.07, 6.45) is 0. The molecule has 1 amide bonds. The minimum Gasteiger partial charge on any atom is -0.497 e. The molecule has 0 aliphatic carbocycles. The van der Waals surface area contributed by atoms with Crippen molar-refractivity contribution in [3.8, 4) is 17.6 Å². The topological polar surface area (TPSA) is 144 Å². The van der Waals surface area contributed by atoms with E-state index in [0.717, 1.165) is 11.3 Å². The highest BCUT2D eigenvalue weighted by molar-refractivity contribution is 7.90. The van der Waals surface area contributed by atoms with Crippen LogP contribution in [0.1, 0.15) is 25.0 Å². The minimum atomic E-state index is -4.05. The Hall–Kier alpha value is -3.29. The monoisotopic (exact) mass is 432 g/mol. The summed E-state index contributed by atoms with van der Waals surface area (Å²) in [4.78, 5) is 12.6. The number of nitrogens with zero attached hydrogens (tertiary/aromatic N) is 1. The van der Waals surface area contributed by atoms with Crippen LogP contribution < -0.4 is 24.7 Å². The third kappa shape index (κ3) is 6.37.